The monoisotopic (exact) mass is 311 g/mol. The third-order valence-electron chi connectivity index (χ3n) is 3.48. The number of carbonyl (C=O) groups excluding carboxylic acids is 1. The van der Waals surface area contributed by atoms with Crippen LogP contribution in [0.15, 0.2) is 24.3 Å². The molecule has 1 aromatic rings. The Labute approximate surface area is 127 Å². The molecule has 1 heterocycles. The minimum Gasteiger partial charge on any atom is -0.481 e. The largest absolute Gasteiger partial charge is 0.481 e. The van der Waals surface area contributed by atoms with Gasteiger partial charge in [-0.25, -0.2) is 4.39 Å². The van der Waals surface area contributed by atoms with Crippen molar-refractivity contribution in [2.75, 3.05) is 13.2 Å². The van der Waals surface area contributed by atoms with Crippen LogP contribution in [0.4, 0.5) is 4.39 Å². The summed E-state index contributed by atoms with van der Waals surface area (Å²) in [6, 6.07) is 5.31. The molecule has 0 aliphatic carbocycles. The summed E-state index contributed by atoms with van der Waals surface area (Å²) in [5.74, 6) is -1.47. The van der Waals surface area contributed by atoms with Crippen molar-refractivity contribution in [3.63, 3.8) is 0 Å². The zero-order valence-electron chi connectivity index (χ0n) is 12.2. The van der Waals surface area contributed by atoms with Crippen LogP contribution in [-0.2, 0) is 14.3 Å². The second-order valence-electron chi connectivity index (χ2n) is 5.36. The lowest BCUT2D eigenvalue weighted by atomic mass is 9.94. The van der Waals surface area contributed by atoms with Gasteiger partial charge < -0.3 is 19.9 Å². The molecule has 2 atom stereocenters. The van der Waals surface area contributed by atoms with Gasteiger partial charge in [-0.15, -0.1) is 0 Å². The Morgan fingerprint density at radius 1 is 1.45 bits per heavy atom. The number of benzene rings is 1. The highest BCUT2D eigenvalue weighted by Gasteiger charge is 2.39. The molecule has 120 valence electrons. The number of amides is 1. The molecular weight excluding hydrogens is 293 g/mol. The van der Waals surface area contributed by atoms with Crippen LogP contribution >= 0.6 is 0 Å². The molecule has 0 spiro atoms. The van der Waals surface area contributed by atoms with Crippen LogP contribution < -0.4 is 10.1 Å². The van der Waals surface area contributed by atoms with Crippen LogP contribution in [0.5, 0.6) is 5.75 Å². The average molecular weight is 311 g/mol. The molecule has 1 aromatic carbocycles. The lowest BCUT2D eigenvalue weighted by Gasteiger charge is -2.28. The van der Waals surface area contributed by atoms with Gasteiger partial charge in [0.05, 0.1) is 18.6 Å². The van der Waals surface area contributed by atoms with Gasteiger partial charge in [0.2, 0.25) is 0 Å². The second-order valence-corrected chi connectivity index (χ2v) is 5.36. The molecule has 1 fully saturated rings. The van der Waals surface area contributed by atoms with E-state index in [2.05, 4.69) is 5.32 Å². The first-order chi connectivity index (χ1) is 10.4. The van der Waals surface area contributed by atoms with E-state index in [9.17, 15) is 14.0 Å². The number of carbonyl (C=O) groups is 2. The van der Waals surface area contributed by atoms with Crippen LogP contribution in [0.1, 0.15) is 19.8 Å². The van der Waals surface area contributed by atoms with Gasteiger partial charge in [-0.3, -0.25) is 9.59 Å². The summed E-state index contributed by atoms with van der Waals surface area (Å²) in [5.41, 5.74) is -0.899. The predicted octanol–water partition coefficient (Wildman–Crippen LogP) is 1.34. The van der Waals surface area contributed by atoms with E-state index in [1.165, 1.54) is 24.3 Å². The Morgan fingerprint density at radius 2 is 2.14 bits per heavy atom. The van der Waals surface area contributed by atoms with Crippen molar-refractivity contribution in [3.8, 4) is 5.75 Å². The standard InChI is InChI=1S/C15H18FNO5/c1-10(22-12-4-2-11(16)3-5-12)14(20)17-15(8-13(18)19)6-7-21-9-15/h2-5,10H,6-9H2,1H3,(H,17,20)(H,18,19). The van der Waals surface area contributed by atoms with Crippen molar-refractivity contribution < 1.29 is 28.6 Å². The van der Waals surface area contributed by atoms with Crippen LogP contribution in [0.3, 0.4) is 0 Å². The number of carboxylic acids is 1. The van der Waals surface area contributed by atoms with Gasteiger partial charge in [-0.1, -0.05) is 0 Å². The van der Waals surface area contributed by atoms with Gasteiger partial charge in [-0.2, -0.15) is 0 Å². The molecule has 1 saturated heterocycles. The summed E-state index contributed by atoms with van der Waals surface area (Å²) in [4.78, 5) is 23.2. The fourth-order valence-electron chi connectivity index (χ4n) is 2.31. The van der Waals surface area contributed by atoms with E-state index in [4.69, 9.17) is 14.6 Å². The molecule has 1 amide bonds. The molecule has 2 N–H and O–H groups in total. The minimum absolute atomic E-state index is 0.161. The highest BCUT2D eigenvalue weighted by molar-refractivity contribution is 5.82. The Kier molecular flexibility index (Phi) is 4.97. The van der Waals surface area contributed by atoms with E-state index in [0.29, 0.717) is 18.8 Å². The topological polar surface area (TPSA) is 84.9 Å². The van der Waals surface area contributed by atoms with Crippen molar-refractivity contribution in [2.45, 2.75) is 31.4 Å². The van der Waals surface area contributed by atoms with Crippen LogP contribution in [0.2, 0.25) is 0 Å². The summed E-state index contributed by atoms with van der Waals surface area (Å²) in [5, 5.41) is 11.7. The maximum atomic E-state index is 12.8. The Hall–Kier alpha value is -2.15. The van der Waals surface area contributed by atoms with Gasteiger partial charge in [0.15, 0.2) is 6.10 Å². The zero-order chi connectivity index (χ0) is 16.2. The number of aliphatic carboxylic acids is 1. The van der Waals surface area contributed by atoms with Crippen LogP contribution in [0.25, 0.3) is 0 Å². The first-order valence-corrected chi connectivity index (χ1v) is 6.94. The van der Waals surface area contributed by atoms with E-state index >= 15 is 0 Å². The summed E-state index contributed by atoms with van der Waals surface area (Å²) in [7, 11) is 0. The molecular formula is C15H18FNO5. The van der Waals surface area contributed by atoms with E-state index in [1.807, 2.05) is 0 Å². The highest BCUT2D eigenvalue weighted by Crippen LogP contribution is 2.23. The molecule has 6 nitrogen and oxygen atoms in total. The molecule has 22 heavy (non-hydrogen) atoms. The fraction of sp³-hybridized carbons (Fsp3) is 0.467. The molecule has 0 radical (unpaired) electrons. The van der Waals surface area contributed by atoms with E-state index in [0.717, 1.165) is 0 Å². The SMILES string of the molecule is CC(Oc1ccc(F)cc1)C(=O)NC1(CC(=O)O)CCOC1. The average Bonchev–Trinajstić information content (AvgIpc) is 2.88. The Bertz CT molecular complexity index is 539. The number of halogens is 1. The summed E-state index contributed by atoms with van der Waals surface area (Å²) >= 11 is 0. The number of ether oxygens (including phenoxy) is 2. The molecule has 0 aromatic heterocycles. The van der Waals surface area contributed by atoms with Crippen LogP contribution in [-0.4, -0.2) is 41.8 Å². The van der Waals surface area contributed by atoms with Crippen molar-refractivity contribution in [3.05, 3.63) is 30.1 Å². The maximum Gasteiger partial charge on any atom is 0.305 e. The zero-order valence-corrected chi connectivity index (χ0v) is 12.2. The minimum atomic E-state index is -1.00. The number of nitrogens with one attached hydrogen (secondary N) is 1. The number of hydrogen-bond acceptors (Lipinski definition) is 4. The lowest BCUT2D eigenvalue weighted by Crippen LogP contribution is -2.53. The van der Waals surface area contributed by atoms with Crippen molar-refractivity contribution >= 4 is 11.9 Å². The molecule has 1 aliphatic rings. The van der Waals surface area contributed by atoms with Gasteiger partial charge in [-0.05, 0) is 37.6 Å². The fourth-order valence-corrected chi connectivity index (χ4v) is 2.31. The second kappa shape index (κ2) is 6.74. The molecule has 2 rings (SSSR count). The van der Waals surface area contributed by atoms with Gasteiger partial charge in [0.1, 0.15) is 11.6 Å². The Balaban J connectivity index is 1.97. The van der Waals surface area contributed by atoms with Crippen molar-refractivity contribution in [2.24, 2.45) is 0 Å². The third-order valence-corrected chi connectivity index (χ3v) is 3.48. The summed E-state index contributed by atoms with van der Waals surface area (Å²) in [6.45, 7) is 2.11. The molecule has 0 saturated carbocycles. The summed E-state index contributed by atoms with van der Waals surface area (Å²) in [6.07, 6.45) is -0.604. The van der Waals surface area contributed by atoms with E-state index in [-0.39, 0.29) is 13.0 Å². The quantitative estimate of drug-likeness (QED) is 0.828. The van der Waals surface area contributed by atoms with Crippen LogP contribution in [0, 0.1) is 5.82 Å². The van der Waals surface area contributed by atoms with Crippen molar-refractivity contribution in [1.82, 2.24) is 5.32 Å². The molecule has 1 aliphatic heterocycles. The van der Waals surface area contributed by atoms with Gasteiger partial charge >= 0.3 is 5.97 Å². The Morgan fingerprint density at radius 3 is 2.68 bits per heavy atom. The smallest absolute Gasteiger partial charge is 0.305 e. The number of carboxylic acid groups (broad SMARTS) is 1. The molecule has 2 unspecified atom stereocenters. The van der Waals surface area contributed by atoms with E-state index < -0.39 is 29.3 Å². The van der Waals surface area contributed by atoms with Crippen molar-refractivity contribution in [1.29, 1.82) is 0 Å². The first kappa shape index (κ1) is 16.2. The molecule has 0 bridgehead atoms. The van der Waals surface area contributed by atoms with E-state index in [1.54, 1.807) is 6.92 Å². The predicted molar refractivity (Wildman–Crippen MR) is 75.1 cm³/mol. The lowest BCUT2D eigenvalue weighted by molar-refractivity contribution is -0.139. The highest BCUT2D eigenvalue weighted by atomic mass is 19.1. The van der Waals surface area contributed by atoms with Gasteiger partial charge in [0.25, 0.3) is 5.91 Å². The maximum absolute atomic E-state index is 12.8. The summed E-state index contributed by atoms with van der Waals surface area (Å²) < 4.78 is 23.5. The number of rotatable bonds is 6. The first-order valence-electron chi connectivity index (χ1n) is 6.94. The normalized spacial score (nSPS) is 22.1. The van der Waals surface area contributed by atoms with Gasteiger partial charge in [0, 0.05) is 6.61 Å². The third kappa shape index (κ3) is 4.17. The molecule has 7 heteroatoms. The number of hydrogen-bond donors (Lipinski definition) is 2.